The Balaban J connectivity index is 0.967. The van der Waals surface area contributed by atoms with Crippen LogP contribution >= 0.6 is 0 Å². The highest BCUT2D eigenvalue weighted by Crippen LogP contribution is 2.60. The molecule has 2 atom stereocenters. The lowest BCUT2D eigenvalue weighted by Crippen LogP contribution is -2.35. The van der Waals surface area contributed by atoms with Crippen LogP contribution in [-0.4, -0.2) is 10.9 Å². The maximum absolute atomic E-state index is 14.6. The van der Waals surface area contributed by atoms with Crippen LogP contribution in [0.1, 0.15) is 93.0 Å². The smallest absolute Gasteiger partial charge is 0.201 e. The van der Waals surface area contributed by atoms with Gasteiger partial charge in [-0.3, -0.25) is 4.79 Å². The number of carbonyl (C=O) groups excluding carboxylic acids is 1. The van der Waals surface area contributed by atoms with Crippen molar-refractivity contribution in [3.05, 3.63) is 159 Å². The Hall–Kier alpha value is -5.67. The first-order valence-electron chi connectivity index (χ1n) is 20.3. The van der Waals surface area contributed by atoms with Crippen molar-refractivity contribution in [3.8, 4) is 22.3 Å². The zero-order chi connectivity index (χ0) is 37.1. The number of hydrogen-bond donors (Lipinski definition) is 2. The van der Waals surface area contributed by atoms with Crippen LogP contribution < -0.4 is 5.32 Å². The van der Waals surface area contributed by atoms with E-state index in [2.05, 4.69) is 111 Å². The first-order valence-corrected chi connectivity index (χ1v) is 20.3. The second-order valence-corrected chi connectivity index (χ2v) is 17.5. The van der Waals surface area contributed by atoms with Crippen molar-refractivity contribution in [2.75, 3.05) is 5.32 Å². The molecule has 55 heavy (non-hydrogen) atoms. The van der Waals surface area contributed by atoms with E-state index < -0.39 is 0 Å². The molecule has 1 aliphatic heterocycles. The molecule has 2 unspecified atom stereocenters. The zero-order valence-electron chi connectivity index (χ0n) is 31.8. The van der Waals surface area contributed by atoms with Crippen LogP contribution in [0.5, 0.6) is 0 Å². The maximum Gasteiger partial charge on any atom is 0.201 e. The molecule has 3 heteroatoms. The second-order valence-electron chi connectivity index (χ2n) is 17.5. The number of aliphatic hydroxyl groups excluding tert-OH is 1. The normalized spacial score (nSPS) is 25.8. The molecule has 5 aromatic carbocycles. The van der Waals surface area contributed by atoms with E-state index >= 15 is 0 Å². The summed E-state index contributed by atoms with van der Waals surface area (Å²) in [7, 11) is 0. The van der Waals surface area contributed by atoms with Crippen molar-refractivity contribution in [2.24, 2.45) is 0 Å². The first-order chi connectivity index (χ1) is 26.7. The number of rotatable bonds is 2. The maximum atomic E-state index is 14.6. The quantitative estimate of drug-likeness (QED) is 0.176. The highest BCUT2D eigenvalue weighted by atomic mass is 16.3. The molecule has 0 amide bonds. The molecule has 0 bridgehead atoms. The fraction of sp³-hybridized carbons (Fsp3) is 0.250. The number of nitrogens with one attached hydrogen (secondary N) is 1. The van der Waals surface area contributed by atoms with Gasteiger partial charge >= 0.3 is 0 Å². The first kappa shape index (κ1) is 31.7. The Morgan fingerprint density at radius 1 is 0.691 bits per heavy atom. The minimum absolute atomic E-state index is 0.0223. The van der Waals surface area contributed by atoms with Crippen LogP contribution in [0, 0.1) is 6.92 Å². The van der Waals surface area contributed by atoms with Gasteiger partial charge in [0.1, 0.15) is 5.76 Å². The van der Waals surface area contributed by atoms with E-state index in [-0.39, 0.29) is 22.4 Å². The number of anilines is 1. The summed E-state index contributed by atoms with van der Waals surface area (Å²) in [5.74, 6) is 0.143. The van der Waals surface area contributed by atoms with Crippen LogP contribution in [0.15, 0.2) is 131 Å². The molecule has 0 saturated heterocycles. The van der Waals surface area contributed by atoms with Gasteiger partial charge in [-0.1, -0.05) is 86.3 Å². The second kappa shape index (κ2) is 10.5. The number of benzene rings is 5. The molecule has 0 spiro atoms. The number of ketones is 1. The van der Waals surface area contributed by atoms with Gasteiger partial charge in [0, 0.05) is 21.9 Å². The van der Waals surface area contributed by atoms with Crippen LogP contribution in [0.3, 0.4) is 0 Å². The fourth-order valence-corrected chi connectivity index (χ4v) is 12.2. The molecule has 3 nitrogen and oxygen atoms in total. The lowest BCUT2D eigenvalue weighted by molar-refractivity contribution is -0.113. The fourth-order valence-electron chi connectivity index (χ4n) is 12.2. The minimum atomic E-state index is -0.357. The van der Waals surface area contributed by atoms with Crippen molar-refractivity contribution in [1.82, 2.24) is 0 Å². The predicted molar refractivity (Wildman–Crippen MR) is 226 cm³/mol. The molecule has 1 saturated carbocycles. The van der Waals surface area contributed by atoms with Crippen LogP contribution in [0.2, 0.25) is 0 Å². The molecule has 7 aliphatic rings. The van der Waals surface area contributed by atoms with Crippen LogP contribution in [0.25, 0.3) is 54.9 Å². The number of carbonyl (C=O) groups is 1. The van der Waals surface area contributed by atoms with Gasteiger partial charge < -0.3 is 10.4 Å². The SMILES string of the molecule is C=C1/C(=C2\C(=O)C(C3=C4Nc5c(cc6c7c(cccc57)-c5ccccc5-6)C4(C)CCC3)=C2O)CCCC1(C)c1cc2c3c(cccc3c1C)C1=C2C=CCC1. The van der Waals surface area contributed by atoms with Crippen molar-refractivity contribution in [1.29, 1.82) is 0 Å². The highest BCUT2D eigenvalue weighted by molar-refractivity contribution is 6.24. The lowest BCUT2D eigenvalue weighted by Gasteiger charge is -2.42. The summed E-state index contributed by atoms with van der Waals surface area (Å²) in [6.45, 7) is 11.7. The summed E-state index contributed by atoms with van der Waals surface area (Å²) >= 11 is 0. The van der Waals surface area contributed by atoms with Gasteiger partial charge in [0.25, 0.3) is 0 Å². The van der Waals surface area contributed by atoms with E-state index in [1.54, 1.807) is 0 Å². The predicted octanol–water partition coefficient (Wildman–Crippen LogP) is 13.0. The third-order valence-corrected chi connectivity index (χ3v) is 14.9. The third kappa shape index (κ3) is 3.75. The van der Waals surface area contributed by atoms with E-state index in [0.717, 1.165) is 79.5 Å². The van der Waals surface area contributed by atoms with Gasteiger partial charge in [0.2, 0.25) is 5.78 Å². The van der Waals surface area contributed by atoms with Crippen molar-refractivity contribution >= 4 is 44.2 Å². The number of hydrogen-bond acceptors (Lipinski definition) is 3. The number of Topliss-reactive ketones (excluding diaryl/α,β-unsaturated/α-hetero) is 1. The monoisotopic (exact) mass is 713 g/mol. The Morgan fingerprint density at radius 3 is 2.16 bits per heavy atom. The minimum Gasteiger partial charge on any atom is -0.506 e. The van der Waals surface area contributed by atoms with Gasteiger partial charge in [0.05, 0.1) is 16.8 Å². The molecule has 0 aromatic heterocycles. The highest BCUT2D eigenvalue weighted by Gasteiger charge is 2.50. The molecule has 0 radical (unpaired) electrons. The third-order valence-electron chi connectivity index (χ3n) is 14.9. The van der Waals surface area contributed by atoms with Crippen molar-refractivity contribution in [3.63, 3.8) is 0 Å². The molecule has 268 valence electrons. The van der Waals surface area contributed by atoms with Crippen molar-refractivity contribution < 1.29 is 9.90 Å². The molecular weight excluding hydrogens is 671 g/mol. The van der Waals surface area contributed by atoms with Gasteiger partial charge in [-0.25, -0.2) is 0 Å². The van der Waals surface area contributed by atoms with E-state index in [1.165, 1.54) is 82.8 Å². The van der Waals surface area contributed by atoms with Gasteiger partial charge in [-0.15, -0.1) is 0 Å². The number of allylic oxidation sites excluding steroid dienone is 10. The van der Waals surface area contributed by atoms with Gasteiger partial charge in [-0.05, 0) is 171 Å². The Morgan fingerprint density at radius 2 is 1.36 bits per heavy atom. The Bertz CT molecular complexity index is 2920. The van der Waals surface area contributed by atoms with Gasteiger partial charge in [0.15, 0.2) is 0 Å². The van der Waals surface area contributed by atoms with E-state index in [9.17, 15) is 9.90 Å². The van der Waals surface area contributed by atoms with Crippen LogP contribution in [-0.2, 0) is 15.6 Å². The molecule has 1 heterocycles. The van der Waals surface area contributed by atoms with Crippen LogP contribution in [0.4, 0.5) is 5.69 Å². The molecule has 5 aromatic rings. The average Bonchev–Trinajstić information content (AvgIpc) is 3.82. The summed E-state index contributed by atoms with van der Waals surface area (Å²) in [5.41, 5.74) is 20.1. The number of aliphatic hydroxyl groups is 1. The molecule has 12 rings (SSSR count). The molecule has 6 aliphatic carbocycles. The number of aryl methyl sites for hydroxylation is 1. The molecule has 1 fully saturated rings. The standard InChI is InChI=1S/C52H43NO2/c1-27-29-17-9-18-35-31-13-5-7-15-33(31)39(43(29)35)25-41(27)51(3)23-11-21-30(28(51)2)45-48(54)46(49(45)55)38-22-12-24-52(4)42-26-40-34-16-8-6-14-32(34)36-19-10-20-37(44(36)40)47(42)53-50(38)52/h6-10,14-20,25-26,53-54H,2,5,11-13,21-24H2,1,3-4H3/b45-30-. The van der Waals surface area contributed by atoms with Crippen molar-refractivity contribution in [2.45, 2.75) is 83.0 Å². The Kier molecular flexibility index (Phi) is 6.07. The summed E-state index contributed by atoms with van der Waals surface area (Å²) in [6, 6.07) is 27.0. The summed E-state index contributed by atoms with van der Waals surface area (Å²) in [4.78, 5) is 14.6. The zero-order valence-corrected chi connectivity index (χ0v) is 31.8. The van der Waals surface area contributed by atoms with E-state index in [0.29, 0.717) is 11.1 Å². The summed E-state index contributed by atoms with van der Waals surface area (Å²) in [5, 5.41) is 21.2. The molecule has 2 N–H and O–H groups in total. The number of fused-ring (bicyclic) bond motifs is 9. The largest absolute Gasteiger partial charge is 0.506 e. The topological polar surface area (TPSA) is 49.3 Å². The lowest BCUT2D eigenvalue weighted by atomic mass is 9.61. The van der Waals surface area contributed by atoms with E-state index in [4.69, 9.17) is 6.58 Å². The van der Waals surface area contributed by atoms with E-state index in [1.807, 2.05) is 0 Å². The summed E-state index contributed by atoms with van der Waals surface area (Å²) in [6.07, 6.45) is 12.2. The average molecular weight is 714 g/mol. The Labute approximate surface area is 322 Å². The van der Waals surface area contributed by atoms with Gasteiger partial charge in [-0.2, -0.15) is 0 Å². The molecular formula is C52H43NO2. The summed E-state index contributed by atoms with van der Waals surface area (Å²) < 4.78 is 0.